The molecule has 13 heavy (non-hydrogen) atoms. The van der Waals surface area contributed by atoms with Crippen molar-refractivity contribution in [3.63, 3.8) is 0 Å². The number of rotatable bonds is 6. The molecule has 4 heteroatoms. The minimum absolute atomic E-state index is 0.151. The van der Waals surface area contributed by atoms with E-state index in [2.05, 4.69) is 5.32 Å². The van der Waals surface area contributed by atoms with Gasteiger partial charge in [0.1, 0.15) is 0 Å². The number of methoxy groups -OCH3 is 2. The summed E-state index contributed by atoms with van der Waals surface area (Å²) in [5.74, 6) is 0. The molecule has 0 aromatic carbocycles. The molecule has 4 nitrogen and oxygen atoms in total. The van der Waals surface area contributed by atoms with Crippen LogP contribution in [0.4, 0.5) is 0 Å². The quantitative estimate of drug-likeness (QED) is 0.613. The number of ether oxygens (including phenoxy) is 3. The molecule has 0 spiro atoms. The smallest absolute Gasteiger partial charge is 0.169 e. The maximum Gasteiger partial charge on any atom is 0.169 e. The lowest BCUT2D eigenvalue weighted by molar-refractivity contribution is -0.0994. The molecule has 1 aliphatic rings. The van der Waals surface area contributed by atoms with Crippen molar-refractivity contribution in [2.75, 3.05) is 33.9 Å². The van der Waals surface area contributed by atoms with Gasteiger partial charge in [0.25, 0.3) is 0 Å². The molecule has 1 aliphatic heterocycles. The molecule has 0 radical (unpaired) electrons. The SMILES string of the molecule is COC(CNCC1CCCO1)OC. The third kappa shape index (κ3) is 4.04. The first-order chi connectivity index (χ1) is 6.36. The van der Waals surface area contributed by atoms with Gasteiger partial charge >= 0.3 is 0 Å². The van der Waals surface area contributed by atoms with Crippen molar-refractivity contribution in [2.45, 2.75) is 25.2 Å². The van der Waals surface area contributed by atoms with E-state index in [1.165, 1.54) is 6.42 Å². The summed E-state index contributed by atoms with van der Waals surface area (Å²) < 4.78 is 15.5. The summed E-state index contributed by atoms with van der Waals surface area (Å²) >= 11 is 0. The van der Waals surface area contributed by atoms with Gasteiger partial charge in [0, 0.05) is 33.9 Å². The monoisotopic (exact) mass is 189 g/mol. The standard InChI is InChI=1S/C9H19NO3/c1-11-9(12-2)7-10-6-8-4-3-5-13-8/h8-10H,3-7H2,1-2H3. The Labute approximate surface area is 79.5 Å². The van der Waals surface area contributed by atoms with Gasteiger partial charge in [0.05, 0.1) is 6.10 Å². The zero-order chi connectivity index (χ0) is 9.52. The number of nitrogens with one attached hydrogen (secondary N) is 1. The van der Waals surface area contributed by atoms with Crippen molar-refractivity contribution in [3.05, 3.63) is 0 Å². The summed E-state index contributed by atoms with van der Waals surface area (Å²) in [7, 11) is 3.28. The van der Waals surface area contributed by atoms with E-state index in [9.17, 15) is 0 Å². The van der Waals surface area contributed by atoms with Gasteiger partial charge in [-0.25, -0.2) is 0 Å². The molecule has 1 atom stereocenters. The summed E-state index contributed by atoms with van der Waals surface area (Å²) in [5.41, 5.74) is 0. The van der Waals surface area contributed by atoms with Crippen LogP contribution >= 0.6 is 0 Å². The summed E-state index contributed by atoms with van der Waals surface area (Å²) in [6, 6.07) is 0. The Balaban J connectivity index is 1.98. The predicted octanol–water partition coefficient (Wildman–Crippen LogP) is 0.374. The lowest BCUT2D eigenvalue weighted by Gasteiger charge is -2.16. The van der Waals surface area contributed by atoms with Crippen LogP contribution in [0.15, 0.2) is 0 Å². The molecular weight excluding hydrogens is 170 g/mol. The third-order valence-electron chi connectivity index (χ3n) is 2.23. The van der Waals surface area contributed by atoms with E-state index in [0.29, 0.717) is 12.6 Å². The Morgan fingerprint density at radius 3 is 2.77 bits per heavy atom. The van der Waals surface area contributed by atoms with E-state index in [0.717, 1.165) is 19.6 Å². The Morgan fingerprint density at radius 2 is 2.23 bits per heavy atom. The van der Waals surface area contributed by atoms with E-state index in [1.54, 1.807) is 14.2 Å². The van der Waals surface area contributed by atoms with Crippen LogP contribution in [-0.4, -0.2) is 46.3 Å². The summed E-state index contributed by atoms with van der Waals surface area (Å²) in [6.07, 6.45) is 2.58. The van der Waals surface area contributed by atoms with Crippen LogP contribution in [0.2, 0.25) is 0 Å². The highest BCUT2D eigenvalue weighted by Gasteiger charge is 2.15. The van der Waals surface area contributed by atoms with Gasteiger partial charge in [-0.2, -0.15) is 0 Å². The summed E-state index contributed by atoms with van der Waals surface area (Å²) in [6.45, 7) is 2.51. The maximum atomic E-state index is 5.46. The first-order valence-electron chi connectivity index (χ1n) is 4.74. The highest BCUT2D eigenvalue weighted by molar-refractivity contribution is 4.67. The highest BCUT2D eigenvalue weighted by Crippen LogP contribution is 2.10. The Morgan fingerprint density at radius 1 is 1.46 bits per heavy atom. The van der Waals surface area contributed by atoms with Gasteiger partial charge < -0.3 is 19.5 Å². The van der Waals surface area contributed by atoms with E-state index in [1.807, 2.05) is 0 Å². The van der Waals surface area contributed by atoms with Gasteiger partial charge in [-0.1, -0.05) is 0 Å². The Bertz CT molecular complexity index is 120. The van der Waals surface area contributed by atoms with Crippen molar-refractivity contribution in [2.24, 2.45) is 0 Å². The number of hydrogen-bond acceptors (Lipinski definition) is 4. The van der Waals surface area contributed by atoms with Gasteiger partial charge in [-0.05, 0) is 12.8 Å². The molecule has 1 fully saturated rings. The number of hydrogen-bond donors (Lipinski definition) is 1. The molecule has 0 aliphatic carbocycles. The lowest BCUT2D eigenvalue weighted by Crippen LogP contribution is -2.34. The lowest BCUT2D eigenvalue weighted by atomic mass is 10.2. The van der Waals surface area contributed by atoms with Crippen molar-refractivity contribution >= 4 is 0 Å². The highest BCUT2D eigenvalue weighted by atomic mass is 16.7. The first-order valence-corrected chi connectivity index (χ1v) is 4.74. The van der Waals surface area contributed by atoms with Crippen LogP contribution in [-0.2, 0) is 14.2 Å². The van der Waals surface area contributed by atoms with Crippen LogP contribution in [0, 0.1) is 0 Å². The average Bonchev–Trinajstić information content (AvgIpc) is 2.65. The van der Waals surface area contributed by atoms with Crippen LogP contribution in [0.3, 0.4) is 0 Å². The van der Waals surface area contributed by atoms with E-state index in [4.69, 9.17) is 14.2 Å². The molecule has 78 valence electrons. The summed E-state index contributed by atoms with van der Waals surface area (Å²) in [4.78, 5) is 0. The van der Waals surface area contributed by atoms with E-state index >= 15 is 0 Å². The predicted molar refractivity (Wildman–Crippen MR) is 49.6 cm³/mol. The van der Waals surface area contributed by atoms with Gasteiger partial charge in [-0.3, -0.25) is 0 Å². The summed E-state index contributed by atoms with van der Waals surface area (Å²) in [5, 5.41) is 3.25. The Kier molecular flexibility index (Phi) is 5.31. The molecule has 1 saturated heterocycles. The largest absolute Gasteiger partial charge is 0.377 e. The molecule has 1 rings (SSSR count). The van der Waals surface area contributed by atoms with Gasteiger partial charge in [0.15, 0.2) is 6.29 Å². The molecule has 0 bridgehead atoms. The van der Waals surface area contributed by atoms with Crippen molar-refractivity contribution in [1.82, 2.24) is 5.32 Å². The third-order valence-corrected chi connectivity index (χ3v) is 2.23. The second-order valence-electron chi connectivity index (χ2n) is 3.19. The second-order valence-corrected chi connectivity index (χ2v) is 3.19. The molecular formula is C9H19NO3. The molecule has 0 saturated carbocycles. The van der Waals surface area contributed by atoms with Gasteiger partial charge in [-0.15, -0.1) is 0 Å². The minimum atomic E-state index is -0.151. The molecule has 1 heterocycles. The van der Waals surface area contributed by atoms with Gasteiger partial charge in [0.2, 0.25) is 0 Å². The minimum Gasteiger partial charge on any atom is -0.377 e. The first kappa shape index (κ1) is 10.9. The van der Waals surface area contributed by atoms with Crippen molar-refractivity contribution in [3.8, 4) is 0 Å². The normalized spacial score (nSPS) is 22.8. The average molecular weight is 189 g/mol. The molecule has 1 unspecified atom stereocenters. The molecule has 0 amide bonds. The fraction of sp³-hybridized carbons (Fsp3) is 1.00. The molecule has 1 N–H and O–H groups in total. The molecule has 0 aromatic heterocycles. The van der Waals surface area contributed by atoms with E-state index in [-0.39, 0.29) is 6.29 Å². The van der Waals surface area contributed by atoms with Crippen molar-refractivity contribution < 1.29 is 14.2 Å². The van der Waals surface area contributed by atoms with Crippen LogP contribution in [0.1, 0.15) is 12.8 Å². The van der Waals surface area contributed by atoms with Crippen LogP contribution in [0.25, 0.3) is 0 Å². The Hall–Kier alpha value is -0.160. The fourth-order valence-corrected chi connectivity index (χ4v) is 1.43. The fourth-order valence-electron chi connectivity index (χ4n) is 1.43. The van der Waals surface area contributed by atoms with Crippen LogP contribution in [0.5, 0.6) is 0 Å². The topological polar surface area (TPSA) is 39.7 Å². The maximum absolute atomic E-state index is 5.46. The zero-order valence-electron chi connectivity index (χ0n) is 8.41. The van der Waals surface area contributed by atoms with Crippen LogP contribution < -0.4 is 5.32 Å². The second kappa shape index (κ2) is 6.32. The molecule has 0 aromatic rings. The van der Waals surface area contributed by atoms with E-state index < -0.39 is 0 Å². The zero-order valence-corrected chi connectivity index (χ0v) is 8.41. The van der Waals surface area contributed by atoms with Crippen molar-refractivity contribution in [1.29, 1.82) is 0 Å².